The Labute approximate surface area is 344 Å². The molecule has 59 heavy (non-hydrogen) atoms. The van der Waals surface area contributed by atoms with E-state index in [1.807, 2.05) is 29.7 Å². The molecular formula is C43H54N8O7Si. The SMILES string of the molecule is COC(=O)N[C@H](C(=O)N1CCC[C@H]1c1ncc(-c2ccc(-c3ccc4c(ccc5[nH]c([C@H]6C[Si](C)(C)CN6C(=O)[C@H](NC(=O)OC)[C@H](C)OC)nc54)c3)cc2)[nH]1)C(C)C. The van der Waals surface area contributed by atoms with Crippen LogP contribution in [0.4, 0.5) is 9.59 Å². The fraction of sp³-hybridized carbons (Fsp3) is 0.442. The summed E-state index contributed by atoms with van der Waals surface area (Å²) in [5.41, 5.74) is 5.66. The van der Waals surface area contributed by atoms with Crippen molar-refractivity contribution in [2.24, 2.45) is 5.92 Å². The lowest BCUT2D eigenvalue weighted by molar-refractivity contribution is -0.137. The van der Waals surface area contributed by atoms with Crippen LogP contribution in [0.25, 0.3) is 44.2 Å². The molecule has 312 valence electrons. The first-order valence-corrected chi connectivity index (χ1v) is 23.5. The molecule has 2 aliphatic rings. The van der Waals surface area contributed by atoms with E-state index in [1.165, 1.54) is 21.3 Å². The third kappa shape index (κ3) is 8.41. The van der Waals surface area contributed by atoms with Gasteiger partial charge in [-0.1, -0.05) is 69.4 Å². The van der Waals surface area contributed by atoms with E-state index in [4.69, 9.17) is 24.2 Å². The Morgan fingerprint density at radius 2 is 1.46 bits per heavy atom. The number of H-pyrrole nitrogens is 2. The van der Waals surface area contributed by atoms with Gasteiger partial charge in [0.15, 0.2) is 0 Å². The molecule has 0 unspecified atom stereocenters. The highest BCUT2D eigenvalue weighted by Crippen LogP contribution is 2.39. The average molecular weight is 823 g/mol. The van der Waals surface area contributed by atoms with Crippen LogP contribution in [0, 0.1) is 5.92 Å². The molecule has 0 radical (unpaired) electrons. The smallest absolute Gasteiger partial charge is 0.407 e. The van der Waals surface area contributed by atoms with E-state index in [1.54, 1.807) is 13.1 Å². The first-order chi connectivity index (χ1) is 28.2. The lowest BCUT2D eigenvalue weighted by Gasteiger charge is -2.31. The number of hydrogen-bond acceptors (Lipinski definition) is 9. The third-order valence-corrected chi connectivity index (χ3v) is 14.4. The lowest BCUT2D eigenvalue weighted by atomic mass is 9.99. The predicted octanol–water partition coefficient (Wildman–Crippen LogP) is 6.71. The van der Waals surface area contributed by atoms with Gasteiger partial charge in [0.05, 0.1) is 63.4 Å². The second kappa shape index (κ2) is 16.9. The van der Waals surface area contributed by atoms with Gasteiger partial charge in [0.25, 0.3) is 0 Å². The zero-order valence-corrected chi connectivity index (χ0v) is 35.9. The summed E-state index contributed by atoms with van der Waals surface area (Å²) in [5.74, 6) is 0.969. The quantitative estimate of drug-likeness (QED) is 0.105. The first-order valence-electron chi connectivity index (χ1n) is 20.1. The number of imidazole rings is 2. The summed E-state index contributed by atoms with van der Waals surface area (Å²) in [5, 5.41) is 7.42. The Morgan fingerprint density at radius 3 is 2.14 bits per heavy atom. The van der Waals surface area contributed by atoms with E-state index in [2.05, 4.69) is 82.2 Å². The maximum atomic E-state index is 14.1. The third-order valence-electron chi connectivity index (χ3n) is 11.7. The summed E-state index contributed by atoms with van der Waals surface area (Å²) in [6.45, 7) is 10.7. The minimum atomic E-state index is -1.82. The zero-order chi connectivity index (χ0) is 42.2. The number of hydrogen-bond donors (Lipinski definition) is 4. The number of nitrogens with one attached hydrogen (secondary N) is 4. The molecule has 5 aromatic rings. The van der Waals surface area contributed by atoms with Crippen LogP contribution in [0.3, 0.4) is 0 Å². The predicted molar refractivity (Wildman–Crippen MR) is 227 cm³/mol. The van der Waals surface area contributed by atoms with Crippen molar-refractivity contribution in [3.05, 3.63) is 72.4 Å². The van der Waals surface area contributed by atoms with E-state index in [9.17, 15) is 19.2 Å². The fourth-order valence-corrected chi connectivity index (χ4v) is 11.4. The zero-order valence-electron chi connectivity index (χ0n) is 34.9. The molecule has 5 atom stereocenters. The molecule has 0 bridgehead atoms. The van der Waals surface area contributed by atoms with Crippen molar-refractivity contribution in [2.75, 3.05) is 34.0 Å². The van der Waals surface area contributed by atoms with Crippen LogP contribution in [0.2, 0.25) is 19.1 Å². The summed E-state index contributed by atoms with van der Waals surface area (Å²) in [6.07, 6.45) is 2.17. The molecule has 16 heteroatoms. The molecule has 4 N–H and O–H groups in total. The number of aromatic nitrogens is 4. The first kappa shape index (κ1) is 41.4. The highest BCUT2D eigenvalue weighted by molar-refractivity contribution is 6.78. The van der Waals surface area contributed by atoms with Gasteiger partial charge in [0.2, 0.25) is 11.8 Å². The number of aromatic amines is 2. The standard InChI is InChI=1S/C43H54N8O7Si/c1-24(2)35(48-42(54)57-5)40(52)50-19-9-10-33(50)38-44-21-32(46-38)27-13-11-26(12-14-27)28-15-17-30-29(20-28)16-18-31-37(30)47-39(45-31)34-22-59(7,8)23-51(34)41(53)36(25(3)56-4)49-43(55)58-6/h11-18,20-21,24-25,33-36H,9-10,19,22-23H2,1-8H3,(H,44,46)(H,45,47)(H,48,54)(H,49,55)/t25-,33-,34+,35-,36+/m0/s1. The number of carbonyl (C=O) groups excluding carboxylic acids is 4. The topological polar surface area (TPSA) is 184 Å². The van der Waals surface area contributed by atoms with Crippen molar-refractivity contribution in [1.29, 1.82) is 0 Å². The van der Waals surface area contributed by atoms with Crippen molar-refractivity contribution in [1.82, 2.24) is 40.4 Å². The summed E-state index contributed by atoms with van der Waals surface area (Å²) < 4.78 is 15.1. The molecule has 7 rings (SSSR count). The summed E-state index contributed by atoms with van der Waals surface area (Å²) in [7, 11) is 2.25. The van der Waals surface area contributed by atoms with Gasteiger partial charge < -0.3 is 44.6 Å². The maximum Gasteiger partial charge on any atom is 0.407 e. The number of carbonyl (C=O) groups is 4. The van der Waals surface area contributed by atoms with E-state index in [0.717, 1.165) is 74.7 Å². The molecule has 0 saturated carbocycles. The second-order valence-electron chi connectivity index (χ2n) is 16.7. The minimum absolute atomic E-state index is 0.111. The van der Waals surface area contributed by atoms with Crippen LogP contribution in [0.15, 0.2) is 60.8 Å². The van der Waals surface area contributed by atoms with Crippen molar-refractivity contribution in [3.8, 4) is 22.4 Å². The minimum Gasteiger partial charge on any atom is -0.453 e. The molecule has 3 aromatic carbocycles. The van der Waals surface area contributed by atoms with Crippen LogP contribution < -0.4 is 10.6 Å². The summed E-state index contributed by atoms with van der Waals surface area (Å²) in [6, 6.07) is 17.5. The molecule has 2 fully saturated rings. The van der Waals surface area contributed by atoms with Gasteiger partial charge in [0, 0.05) is 25.2 Å². The Kier molecular flexibility index (Phi) is 11.8. The number of ether oxygens (including phenoxy) is 3. The Bertz CT molecular complexity index is 2360. The Balaban J connectivity index is 1.09. The average Bonchev–Trinajstić information content (AvgIpc) is 4.06. The molecular weight excluding hydrogens is 769 g/mol. The van der Waals surface area contributed by atoms with Gasteiger partial charge in [0.1, 0.15) is 23.7 Å². The van der Waals surface area contributed by atoms with Gasteiger partial charge in [-0.25, -0.2) is 19.6 Å². The number of likely N-dealkylation sites (tertiary alicyclic amines) is 1. The van der Waals surface area contributed by atoms with Gasteiger partial charge in [-0.2, -0.15) is 0 Å². The molecule has 4 amide bonds. The molecule has 2 saturated heterocycles. The number of rotatable bonds is 11. The lowest BCUT2D eigenvalue weighted by Crippen LogP contribution is -2.54. The number of alkyl carbamates (subject to hydrolysis) is 2. The van der Waals surface area contributed by atoms with Crippen LogP contribution in [0.1, 0.15) is 57.3 Å². The number of fused-ring (bicyclic) bond motifs is 3. The largest absolute Gasteiger partial charge is 0.453 e. The van der Waals surface area contributed by atoms with Crippen LogP contribution in [-0.2, 0) is 23.8 Å². The molecule has 0 aliphatic carbocycles. The van der Waals surface area contributed by atoms with E-state index in [-0.39, 0.29) is 29.8 Å². The van der Waals surface area contributed by atoms with Crippen LogP contribution >= 0.6 is 0 Å². The van der Waals surface area contributed by atoms with Crippen LogP contribution in [0.5, 0.6) is 0 Å². The van der Waals surface area contributed by atoms with Gasteiger partial charge >= 0.3 is 12.2 Å². The number of amides is 4. The van der Waals surface area contributed by atoms with Crippen molar-refractivity contribution in [2.45, 2.75) is 83.0 Å². The Hall–Kier alpha value is -5.74. The van der Waals surface area contributed by atoms with Gasteiger partial charge in [-0.3, -0.25) is 9.59 Å². The van der Waals surface area contributed by atoms with E-state index < -0.39 is 38.4 Å². The van der Waals surface area contributed by atoms with Gasteiger partial charge in [-0.15, -0.1) is 0 Å². The van der Waals surface area contributed by atoms with Gasteiger partial charge in [-0.05, 0) is 65.9 Å². The summed E-state index contributed by atoms with van der Waals surface area (Å²) in [4.78, 5) is 72.3. The van der Waals surface area contributed by atoms with Crippen LogP contribution in [-0.4, -0.2) is 114 Å². The molecule has 0 spiro atoms. The molecule has 15 nitrogen and oxygen atoms in total. The van der Waals surface area contributed by atoms with Crippen molar-refractivity contribution >= 4 is 53.9 Å². The normalized spacial score (nSPS) is 19.2. The molecule has 4 heterocycles. The number of methoxy groups -OCH3 is 3. The Morgan fingerprint density at radius 1 is 0.797 bits per heavy atom. The highest BCUT2D eigenvalue weighted by Gasteiger charge is 2.46. The number of benzene rings is 3. The molecule has 2 aromatic heterocycles. The van der Waals surface area contributed by atoms with E-state index >= 15 is 0 Å². The van der Waals surface area contributed by atoms with Crippen molar-refractivity contribution < 1.29 is 33.4 Å². The summed E-state index contributed by atoms with van der Waals surface area (Å²) >= 11 is 0. The van der Waals surface area contributed by atoms with Crippen molar-refractivity contribution in [3.63, 3.8) is 0 Å². The number of nitrogens with zero attached hydrogens (tertiary/aromatic N) is 4. The fourth-order valence-electron chi connectivity index (χ4n) is 8.47. The monoisotopic (exact) mass is 822 g/mol. The highest BCUT2D eigenvalue weighted by atomic mass is 28.3. The second-order valence-corrected chi connectivity index (χ2v) is 21.8. The molecule has 2 aliphatic heterocycles. The maximum absolute atomic E-state index is 14.1. The van der Waals surface area contributed by atoms with E-state index in [0.29, 0.717) is 12.7 Å².